The molecule has 2 heterocycles. The molecule has 1 aromatic rings. The fourth-order valence-corrected chi connectivity index (χ4v) is 1.14. The first-order chi connectivity index (χ1) is 6.12. The Morgan fingerprint density at radius 1 is 1.69 bits per heavy atom. The number of carbonyl (C=O) groups excluding carboxylic acids is 1. The maximum absolute atomic E-state index is 11.1. The molecule has 1 aliphatic heterocycles. The van der Waals surface area contributed by atoms with Gasteiger partial charge in [-0.05, 0) is 19.1 Å². The maximum atomic E-state index is 11.1. The molecule has 1 aliphatic rings. The largest absolute Gasteiger partial charge is 0.463 e. The van der Waals surface area contributed by atoms with E-state index in [1.54, 1.807) is 12.1 Å². The summed E-state index contributed by atoms with van der Waals surface area (Å²) in [6.45, 7) is 1.37. The van der Waals surface area contributed by atoms with E-state index in [1.165, 1.54) is 13.2 Å². The van der Waals surface area contributed by atoms with Crippen molar-refractivity contribution in [1.82, 2.24) is 5.43 Å². The van der Waals surface area contributed by atoms with Crippen molar-refractivity contribution in [3.8, 4) is 0 Å². The van der Waals surface area contributed by atoms with Crippen LogP contribution in [0, 0.1) is 0 Å². The van der Waals surface area contributed by atoms with Crippen LogP contribution < -0.4 is 5.43 Å². The van der Waals surface area contributed by atoms with Gasteiger partial charge in [0.05, 0.1) is 6.26 Å². The van der Waals surface area contributed by atoms with Gasteiger partial charge in [-0.25, -0.2) is 5.43 Å². The molecule has 1 amide bonds. The lowest BCUT2D eigenvalue weighted by atomic mass is 9.99. The van der Waals surface area contributed by atoms with Gasteiger partial charge in [0.25, 0.3) is 5.91 Å². The van der Waals surface area contributed by atoms with Gasteiger partial charge in [0, 0.05) is 0 Å². The highest BCUT2D eigenvalue weighted by Gasteiger charge is 2.43. The van der Waals surface area contributed by atoms with Crippen LogP contribution in [0.5, 0.6) is 0 Å². The van der Waals surface area contributed by atoms with Crippen molar-refractivity contribution in [2.45, 2.75) is 12.5 Å². The van der Waals surface area contributed by atoms with E-state index in [9.17, 15) is 9.90 Å². The van der Waals surface area contributed by atoms with Crippen molar-refractivity contribution in [2.24, 2.45) is 5.10 Å². The van der Waals surface area contributed by atoms with Gasteiger partial charge in [-0.15, -0.1) is 0 Å². The van der Waals surface area contributed by atoms with Crippen molar-refractivity contribution in [1.29, 1.82) is 0 Å². The molecule has 5 heteroatoms. The summed E-state index contributed by atoms with van der Waals surface area (Å²) in [6.07, 6.45) is 1.46. The summed E-state index contributed by atoms with van der Waals surface area (Å²) in [4.78, 5) is 11.1. The number of carbonyl (C=O) groups is 1. The minimum Gasteiger partial charge on any atom is -0.463 e. The first-order valence-electron chi connectivity index (χ1n) is 3.77. The molecule has 0 radical (unpaired) electrons. The fraction of sp³-hybridized carbons (Fsp3) is 0.250. The van der Waals surface area contributed by atoms with E-state index in [2.05, 4.69) is 10.5 Å². The summed E-state index contributed by atoms with van der Waals surface area (Å²) >= 11 is 0. The van der Waals surface area contributed by atoms with E-state index in [1.807, 2.05) is 0 Å². The second-order valence-corrected chi connectivity index (χ2v) is 2.95. The molecule has 0 fully saturated rings. The van der Waals surface area contributed by atoms with Crippen LogP contribution in [0.1, 0.15) is 12.7 Å². The molecular formula is C8H8N2O3. The number of nitrogens with zero attached hydrogens (tertiary/aromatic N) is 1. The average Bonchev–Trinajstić information content (AvgIpc) is 2.62. The zero-order valence-corrected chi connectivity index (χ0v) is 6.94. The van der Waals surface area contributed by atoms with Gasteiger partial charge < -0.3 is 9.52 Å². The highest BCUT2D eigenvalue weighted by atomic mass is 16.3. The van der Waals surface area contributed by atoms with Gasteiger partial charge in [-0.3, -0.25) is 4.79 Å². The molecule has 0 aromatic carbocycles. The predicted molar refractivity (Wildman–Crippen MR) is 44.0 cm³/mol. The van der Waals surface area contributed by atoms with Crippen LogP contribution in [-0.4, -0.2) is 22.3 Å². The molecular weight excluding hydrogens is 172 g/mol. The molecule has 1 unspecified atom stereocenters. The quantitative estimate of drug-likeness (QED) is 0.631. The molecule has 0 aliphatic carbocycles. The Morgan fingerprint density at radius 2 is 2.46 bits per heavy atom. The standard InChI is InChI=1S/C8H8N2O3/c1-8(12)6(9-10-7(8)11)5-3-2-4-13-5/h2-4,12H,1H3,(H,10,11). The Labute approximate surface area is 74.1 Å². The van der Waals surface area contributed by atoms with Crippen LogP contribution in [0.25, 0.3) is 0 Å². The third kappa shape index (κ3) is 1.05. The lowest BCUT2D eigenvalue weighted by Crippen LogP contribution is -2.42. The van der Waals surface area contributed by atoms with E-state index in [4.69, 9.17) is 4.42 Å². The normalized spacial score (nSPS) is 27.2. The number of nitrogens with one attached hydrogen (secondary N) is 1. The van der Waals surface area contributed by atoms with Gasteiger partial charge in [0.15, 0.2) is 11.4 Å². The highest BCUT2D eigenvalue weighted by Crippen LogP contribution is 2.18. The highest BCUT2D eigenvalue weighted by molar-refractivity contribution is 6.20. The molecule has 68 valence electrons. The van der Waals surface area contributed by atoms with Crippen LogP contribution in [0.4, 0.5) is 0 Å². The fourth-order valence-electron chi connectivity index (χ4n) is 1.14. The summed E-state index contributed by atoms with van der Waals surface area (Å²) in [5.41, 5.74) is 0.798. The van der Waals surface area contributed by atoms with Crippen LogP contribution in [-0.2, 0) is 4.79 Å². The molecule has 0 saturated carbocycles. The van der Waals surface area contributed by atoms with Gasteiger partial charge >= 0.3 is 0 Å². The number of aliphatic hydroxyl groups is 1. The molecule has 0 saturated heterocycles. The number of rotatable bonds is 1. The van der Waals surface area contributed by atoms with Crippen molar-refractivity contribution in [3.05, 3.63) is 24.2 Å². The van der Waals surface area contributed by atoms with Crippen LogP contribution in [0.15, 0.2) is 27.9 Å². The lowest BCUT2D eigenvalue weighted by Gasteiger charge is -2.12. The number of hydrogen-bond acceptors (Lipinski definition) is 4. The predicted octanol–water partition coefficient (Wildman–Crippen LogP) is -0.136. The molecule has 2 N–H and O–H groups in total. The molecule has 1 atom stereocenters. The van der Waals surface area contributed by atoms with E-state index >= 15 is 0 Å². The Hall–Kier alpha value is -1.62. The van der Waals surface area contributed by atoms with Gasteiger partial charge in [0.1, 0.15) is 5.71 Å². The lowest BCUT2D eigenvalue weighted by molar-refractivity contribution is -0.130. The van der Waals surface area contributed by atoms with E-state index < -0.39 is 11.5 Å². The zero-order valence-electron chi connectivity index (χ0n) is 6.94. The average molecular weight is 180 g/mol. The monoisotopic (exact) mass is 180 g/mol. The van der Waals surface area contributed by atoms with Crippen molar-refractivity contribution in [3.63, 3.8) is 0 Å². The van der Waals surface area contributed by atoms with E-state index in [0.717, 1.165) is 0 Å². The van der Waals surface area contributed by atoms with E-state index in [-0.39, 0.29) is 5.71 Å². The minimum absolute atomic E-state index is 0.211. The Balaban J connectivity index is 2.42. The first kappa shape index (κ1) is 8.00. The first-order valence-corrected chi connectivity index (χ1v) is 3.77. The SMILES string of the molecule is CC1(O)C(=O)NN=C1c1ccco1. The van der Waals surface area contributed by atoms with Crippen LogP contribution >= 0.6 is 0 Å². The van der Waals surface area contributed by atoms with Crippen molar-refractivity contribution >= 4 is 11.6 Å². The summed E-state index contributed by atoms with van der Waals surface area (Å²) in [7, 11) is 0. The third-order valence-corrected chi connectivity index (χ3v) is 1.93. The molecule has 0 bridgehead atoms. The smallest absolute Gasteiger partial charge is 0.278 e. The third-order valence-electron chi connectivity index (χ3n) is 1.93. The Bertz CT molecular complexity index is 365. The van der Waals surface area contributed by atoms with Crippen molar-refractivity contribution in [2.75, 3.05) is 0 Å². The van der Waals surface area contributed by atoms with Crippen LogP contribution in [0.2, 0.25) is 0 Å². The summed E-state index contributed by atoms with van der Waals surface area (Å²) in [5.74, 6) is -0.151. The summed E-state index contributed by atoms with van der Waals surface area (Å²) < 4.78 is 5.02. The van der Waals surface area contributed by atoms with Gasteiger partial charge in [-0.2, -0.15) is 5.10 Å². The number of furan rings is 1. The summed E-state index contributed by atoms with van der Waals surface area (Å²) in [5, 5.41) is 13.4. The zero-order chi connectivity index (χ0) is 9.47. The molecule has 1 aromatic heterocycles. The van der Waals surface area contributed by atoms with E-state index in [0.29, 0.717) is 5.76 Å². The number of amides is 1. The Kier molecular flexibility index (Phi) is 1.50. The molecule has 0 spiro atoms. The van der Waals surface area contributed by atoms with Crippen LogP contribution in [0.3, 0.4) is 0 Å². The molecule has 13 heavy (non-hydrogen) atoms. The van der Waals surface area contributed by atoms with Gasteiger partial charge in [-0.1, -0.05) is 0 Å². The topological polar surface area (TPSA) is 74.8 Å². The second-order valence-electron chi connectivity index (χ2n) is 2.95. The molecule has 2 rings (SSSR count). The number of hydrazone groups is 1. The minimum atomic E-state index is -1.60. The summed E-state index contributed by atoms with van der Waals surface area (Å²) in [6, 6.07) is 3.30. The van der Waals surface area contributed by atoms with Gasteiger partial charge in [0.2, 0.25) is 0 Å². The Morgan fingerprint density at radius 3 is 2.92 bits per heavy atom. The molecule has 5 nitrogen and oxygen atoms in total. The number of hydrogen-bond donors (Lipinski definition) is 2. The maximum Gasteiger partial charge on any atom is 0.278 e. The second kappa shape index (κ2) is 2.43. The van der Waals surface area contributed by atoms with Crippen molar-refractivity contribution < 1.29 is 14.3 Å².